The maximum atomic E-state index is 12.6. The van der Waals surface area contributed by atoms with Gasteiger partial charge in [-0.05, 0) is 12.1 Å². The van der Waals surface area contributed by atoms with Crippen molar-refractivity contribution in [2.24, 2.45) is 5.92 Å². The minimum atomic E-state index is -4.62. The van der Waals surface area contributed by atoms with Crippen LogP contribution in [0.3, 0.4) is 0 Å². The monoisotopic (exact) mass is 259 g/mol. The average Bonchev–Trinajstić information content (AvgIpc) is 2.25. The van der Waals surface area contributed by atoms with Gasteiger partial charge in [0, 0.05) is 31.7 Å². The molecule has 0 spiro atoms. The van der Waals surface area contributed by atoms with E-state index in [0.717, 1.165) is 25.4 Å². The second-order valence-electron chi connectivity index (χ2n) is 4.13. The molecule has 0 aliphatic carbocycles. The molecule has 0 bridgehead atoms. The van der Waals surface area contributed by atoms with Crippen molar-refractivity contribution in [3.05, 3.63) is 29.6 Å². The second-order valence-corrected chi connectivity index (χ2v) is 4.13. The highest BCUT2D eigenvalue weighted by molar-refractivity contribution is 5.95. The van der Waals surface area contributed by atoms with Crippen LogP contribution in [-0.2, 0) is 6.18 Å². The summed E-state index contributed by atoms with van der Waals surface area (Å²) < 4.78 is 37.9. The summed E-state index contributed by atoms with van der Waals surface area (Å²) in [6.45, 7) is 1.93. The summed E-state index contributed by atoms with van der Waals surface area (Å²) in [7, 11) is 0. The Bertz CT molecular complexity index is 443. The fourth-order valence-electron chi connectivity index (χ4n) is 1.64. The van der Waals surface area contributed by atoms with Crippen molar-refractivity contribution in [2.45, 2.75) is 6.18 Å². The van der Waals surface area contributed by atoms with Crippen molar-refractivity contribution in [1.82, 2.24) is 15.6 Å². The minimum Gasteiger partial charge on any atom is -0.352 e. The van der Waals surface area contributed by atoms with E-state index >= 15 is 0 Å². The maximum Gasteiger partial charge on any atom is 0.434 e. The zero-order valence-corrected chi connectivity index (χ0v) is 9.42. The van der Waals surface area contributed by atoms with Crippen LogP contribution in [0.1, 0.15) is 16.1 Å². The highest BCUT2D eigenvalue weighted by atomic mass is 19.4. The van der Waals surface area contributed by atoms with E-state index in [9.17, 15) is 18.0 Å². The Kier molecular flexibility index (Phi) is 3.51. The van der Waals surface area contributed by atoms with Crippen LogP contribution in [0.4, 0.5) is 13.2 Å². The standard InChI is InChI=1S/C11H12F3N3O/c12-11(13,14)9-8(2-1-3-16-9)10(18)17-6-7-4-15-5-7/h1-3,7,15H,4-6H2,(H,17,18). The molecule has 1 aromatic rings. The van der Waals surface area contributed by atoms with E-state index in [1.807, 2.05) is 0 Å². The molecular formula is C11H12F3N3O. The fourth-order valence-corrected chi connectivity index (χ4v) is 1.64. The van der Waals surface area contributed by atoms with Gasteiger partial charge >= 0.3 is 6.18 Å². The Morgan fingerprint density at radius 2 is 2.22 bits per heavy atom. The summed E-state index contributed by atoms with van der Waals surface area (Å²) in [5, 5.41) is 5.51. The largest absolute Gasteiger partial charge is 0.434 e. The van der Waals surface area contributed by atoms with Gasteiger partial charge in [-0.25, -0.2) is 0 Å². The van der Waals surface area contributed by atoms with E-state index in [4.69, 9.17) is 0 Å². The molecule has 98 valence electrons. The van der Waals surface area contributed by atoms with Crippen molar-refractivity contribution in [2.75, 3.05) is 19.6 Å². The Hall–Kier alpha value is -1.63. The number of alkyl halides is 3. The molecule has 4 nitrogen and oxygen atoms in total. The smallest absolute Gasteiger partial charge is 0.352 e. The lowest BCUT2D eigenvalue weighted by Gasteiger charge is -2.27. The number of amides is 1. The van der Waals surface area contributed by atoms with Crippen LogP contribution in [0.5, 0.6) is 0 Å². The Morgan fingerprint density at radius 3 is 2.78 bits per heavy atom. The molecule has 1 aliphatic heterocycles. The van der Waals surface area contributed by atoms with Gasteiger partial charge in [-0.2, -0.15) is 13.2 Å². The van der Waals surface area contributed by atoms with Crippen LogP contribution >= 0.6 is 0 Å². The molecule has 1 saturated heterocycles. The molecule has 2 rings (SSSR count). The van der Waals surface area contributed by atoms with Crippen LogP contribution < -0.4 is 10.6 Å². The Morgan fingerprint density at radius 1 is 1.50 bits per heavy atom. The van der Waals surface area contributed by atoms with E-state index in [2.05, 4.69) is 15.6 Å². The van der Waals surface area contributed by atoms with Gasteiger partial charge in [0.15, 0.2) is 5.69 Å². The number of nitrogens with zero attached hydrogens (tertiary/aromatic N) is 1. The first kappa shape index (κ1) is 12.8. The zero-order chi connectivity index (χ0) is 13.2. The number of pyridine rings is 1. The van der Waals surface area contributed by atoms with Crippen LogP contribution in [-0.4, -0.2) is 30.5 Å². The third-order valence-electron chi connectivity index (χ3n) is 2.74. The van der Waals surface area contributed by atoms with Gasteiger partial charge in [0.1, 0.15) is 0 Å². The minimum absolute atomic E-state index is 0.292. The lowest BCUT2D eigenvalue weighted by Crippen LogP contribution is -2.48. The third-order valence-corrected chi connectivity index (χ3v) is 2.74. The van der Waals surface area contributed by atoms with E-state index < -0.39 is 23.3 Å². The van der Waals surface area contributed by atoms with Crippen molar-refractivity contribution in [3.8, 4) is 0 Å². The quantitative estimate of drug-likeness (QED) is 0.853. The first-order valence-corrected chi connectivity index (χ1v) is 5.49. The molecule has 0 radical (unpaired) electrons. The maximum absolute atomic E-state index is 12.6. The second kappa shape index (κ2) is 4.93. The van der Waals surface area contributed by atoms with E-state index in [1.165, 1.54) is 6.07 Å². The van der Waals surface area contributed by atoms with Crippen molar-refractivity contribution < 1.29 is 18.0 Å². The third kappa shape index (κ3) is 2.79. The molecule has 0 saturated carbocycles. The number of halogens is 3. The number of rotatable bonds is 3. The van der Waals surface area contributed by atoms with Crippen molar-refractivity contribution in [3.63, 3.8) is 0 Å². The molecule has 18 heavy (non-hydrogen) atoms. The van der Waals surface area contributed by atoms with Gasteiger partial charge in [0.2, 0.25) is 0 Å². The van der Waals surface area contributed by atoms with Gasteiger partial charge in [0.05, 0.1) is 5.56 Å². The summed E-state index contributed by atoms with van der Waals surface area (Å²) in [5.74, 6) is -0.442. The summed E-state index contributed by atoms with van der Waals surface area (Å²) in [6, 6.07) is 2.44. The van der Waals surface area contributed by atoms with Gasteiger partial charge in [-0.1, -0.05) is 0 Å². The molecule has 0 atom stereocenters. The molecule has 7 heteroatoms. The number of nitrogens with one attached hydrogen (secondary N) is 2. The normalized spacial score (nSPS) is 16.2. The molecule has 2 heterocycles. The first-order valence-electron chi connectivity index (χ1n) is 5.49. The molecule has 1 aliphatic rings. The number of hydrogen-bond acceptors (Lipinski definition) is 3. The number of carbonyl (C=O) groups excluding carboxylic acids is 1. The molecule has 0 aromatic carbocycles. The van der Waals surface area contributed by atoms with E-state index in [-0.39, 0.29) is 0 Å². The Balaban J connectivity index is 2.09. The van der Waals surface area contributed by atoms with Gasteiger partial charge < -0.3 is 10.6 Å². The Labute approximate surface area is 102 Å². The molecule has 2 N–H and O–H groups in total. The van der Waals surface area contributed by atoms with Crippen LogP contribution in [0.25, 0.3) is 0 Å². The summed E-state index contributed by atoms with van der Waals surface area (Å²) >= 11 is 0. The lowest BCUT2D eigenvalue weighted by molar-refractivity contribution is -0.141. The highest BCUT2D eigenvalue weighted by Crippen LogP contribution is 2.29. The van der Waals surface area contributed by atoms with Gasteiger partial charge in [-0.3, -0.25) is 9.78 Å². The highest BCUT2D eigenvalue weighted by Gasteiger charge is 2.37. The molecule has 1 amide bonds. The SMILES string of the molecule is O=C(NCC1CNC1)c1cccnc1C(F)(F)F. The predicted molar refractivity (Wildman–Crippen MR) is 57.9 cm³/mol. The van der Waals surface area contributed by atoms with Crippen molar-refractivity contribution in [1.29, 1.82) is 0 Å². The number of hydrogen-bond donors (Lipinski definition) is 2. The van der Waals surface area contributed by atoms with E-state index in [0.29, 0.717) is 12.5 Å². The van der Waals surface area contributed by atoms with E-state index in [1.54, 1.807) is 0 Å². The summed E-state index contributed by atoms with van der Waals surface area (Å²) in [5.41, 5.74) is -1.58. The summed E-state index contributed by atoms with van der Waals surface area (Å²) in [4.78, 5) is 14.9. The van der Waals surface area contributed by atoms with Gasteiger partial charge in [0.25, 0.3) is 5.91 Å². The van der Waals surface area contributed by atoms with Gasteiger partial charge in [-0.15, -0.1) is 0 Å². The van der Waals surface area contributed by atoms with Crippen LogP contribution in [0.15, 0.2) is 18.3 Å². The summed E-state index contributed by atoms with van der Waals surface area (Å²) in [6.07, 6.45) is -3.60. The molecule has 0 unspecified atom stereocenters. The van der Waals surface area contributed by atoms with Crippen LogP contribution in [0, 0.1) is 5.92 Å². The lowest BCUT2D eigenvalue weighted by atomic mass is 10.0. The molecule has 1 aromatic heterocycles. The van der Waals surface area contributed by atoms with Crippen LogP contribution in [0.2, 0.25) is 0 Å². The molecular weight excluding hydrogens is 247 g/mol. The topological polar surface area (TPSA) is 54.0 Å². The van der Waals surface area contributed by atoms with Crippen molar-refractivity contribution >= 4 is 5.91 Å². The fraction of sp³-hybridized carbons (Fsp3) is 0.455. The zero-order valence-electron chi connectivity index (χ0n) is 9.42. The number of carbonyl (C=O) groups is 1. The number of aromatic nitrogens is 1. The average molecular weight is 259 g/mol. The predicted octanol–water partition coefficient (Wildman–Crippen LogP) is 1.05. The molecule has 1 fully saturated rings. The first-order chi connectivity index (χ1) is 8.48.